The van der Waals surface area contributed by atoms with Gasteiger partial charge >= 0.3 is 6.18 Å². The summed E-state index contributed by atoms with van der Waals surface area (Å²) in [5, 5.41) is 9.10. The van der Waals surface area contributed by atoms with Crippen molar-refractivity contribution >= 4 is 29.1 Å². The molecule has 32 heavy (non-hydrogen) atoms. The molecule has 1 aliphatic heterocycles. The van der Waals surface area contributed by atoms with Crippen molar-refractivity contribution in [2.75, 3.05) is 28.6 Å². The summed E-state index contributed by atoms with van der Waals surface area (Å²) in [5.74, 6) is -0.296. The predicted octanol–water partition coefficient (Wildman–Crippen LogP) is 2.82. The predicted molar refractivity (Wildman–Crippen MR) is 107 cm³/mol. The molecule has 1 fully saturated rings. The number of anilines is 3. The summed E-state index contributed by atoms with van der Waals surface area (Å²) >= 11 is 0. The van der Waals surface area contributed by atoms with E-state index in [2.05, 4.69) is 25.7 Å². The van der Waals surface area contributed by atoms with Crippen LogP contribution in [0.3, 0.4) is 0 Å². The summed E-state index contributed by atoms with van der Waals surface area (Å²) in [6.07, 6.45) is 0.736. The Morgan fingerprint density at radius 1 is 1.34 bits per heavy atom. The number of nitrogens with one attached hydrogen (secondary N) is 2. The number of aromatic nitrogens is 4. The zero-order valence-corrected chi connectivity index (χ0v) is 16.8. The Labute approximate surface area is 179 Å². The molecule has 4 rings (SSSR count). The fourth-order valence-corrected chi connectivity index (χ4v) is 3.18. The van der Waals surface area contributed by atoms with Gasteiger partial charge in [-0.25, -0.2) is 9.97 Å². The minimum absolute atomic E-state index is 0.0145. The fourth-order valence-electron chi connectivity index (χ4n) is 3.18. The van der Waals surface area contributed by atoms with E-state index in [4.69, 9.17) is 4.42 Å². The highest BCUT2D eigenvalue weighted by molar-refractivity contribution is 6.06. The molecule has 10 nitrogen and oxygen atoms in total. The van der Waals surface area contributed by atoms with Crippen molar-refractivity contribution in [3.63, 3.8) is 0 Å². The molecule has 0 aromatic carbocycles. The van der Waals surface area contributed by atoms with Gasteiger partial charge < -0.3 is 15.1 Å². The van der Waals surface area contributed by atoms with Crippen LogP contribution in [-0.2, 0) is 11.8 Å². The summed E-state index contributed by atoms with van der Waals surface area (Å²) in [6, 6.07) is 2.82. The van der Waals surface area contributed by atoms with Crippen LogP contribution in [0.25, 0.3) is 11.5 Å². The number of halogens is 3. The van der Waals surface area contributed by atoms with E-state index >= 15 is 0 Å². The number of pyridine rings is 1. The topological polar surface area (TPSA) is 118 Å². The highest BCUT2D eigenvalue weighted by Gasteiger charge is 2.28. The number of rotatable bonds is 6. The Bertz CT molecular complexity index is 1160. The van der Waals surface area contributed by atoms with Gasteiger partial charge in [-0.15, -0.1) is 0 Å². The van der Waals surface area contributed by atoms with E-state index < -0.39 is 18.6 Å². The average Bonchev–Trinajstić information content (AvgIpc) is 3.46. The van der Waals surface area contributed by atoms with E-state index in [-0.39, 0.29) is 23.3 Å². The first kappa shape index (κ1) is 21.3. The molecule has 168 valence electrons. The van der Waals surface area contributed by atoms with Crippen LogP contribution in [0.5, 0.6) is 0 Å². The van der Waals surface area contributed by atoms with Gasteiger partial charge in [0.25, 0.3) is 5.91 Å². The van der Waals surface area contributed by atoms with Crippen molar-refractivity contribution < 1.29 is 27.2 Å². The molecule has 1 saturated heterocycles. The lowest BCUT2D eigenvalue weighted by Gasteiger charge is -2.14. The number of amides is 2. The molecule has 0 atom stereocenters. The molecule has 0 radical (unpaired) electrons. The Morgan fingerprint density at radius 3 is 2.88 bits per heavy atom. The van der Waals surface area contributed by atoms with Crippen LogP contribution in [0, 0.1) is 0 Å². The van der Waals surface area contributed by atoms with Gasteiger partial charge in [0.1, 0.15) is 24.3 Å². The third kappa shape index (κ3) is 4.71. The molecule has 0 unspecified atom stereocenters. The fraction of sp³-hybridized carbons (Fsp3) is 0.316. The van der Waals surface area contributed by atoms with Crippen LogP contribution in [0.2, 0.25) is 0 Å². The minimum Gasteiger partial charge on any atom is -0.444 e. The maximum atomic E-state index is 12.7. The monoisotopic (exact) mass is 449 g/mol. The van der Waals surface area contributed by atoms with Gasteiger partial charge in [-0.05, 0) is 18.6 Å². The number of carbonyl (C=O) groups excluding carboxylic acids is 2. The van der Waals surface area contributed by atoms with Crippen LogP contribution < -0.4 is 15.5 Å². The van der Waals surface area contributed by atoms with Gasteiger partial charge in [0.15, 0.2) is 11.5 Å². The lowest BCUT2D eigenvalue weighted by atomic mass is 10.2. The van der Waals surface area contributed by atoms with Crippen LogP contribution >= 0.6 is 0 Å². The Hall–Kier alpha value is -3.90. The van der Waals surface area contributed by atoms with Crippen molar-refractivity contribution in [1.82, 2.24) is 19.7 Å². The molecule has 0 spiro atoms. The van der Waals surface area contributed by atoms with Crippen molar-refractivity contribution in [1.29, 1.82) is 0 Å². The largest absolute Gasteiger partial charge is 0.444 e. The number of alkyl halides is 3. The molecule has 0 bridgehead atoms. The van der Waals surface area contributed by atoms with Crippen molar-refractivity contribution in [3.8, 4) is 11.5 Å². The SMILES string of the molecule is Cn1cc(NC(=O)c2coc(-c3ccnc(NCC(F)(F)F)c3)n2)c(N2CCCC2=O)n1. The van der Waals surface area contributed by atoms with E-state index in [1.807, 2.05) is 0 Å². The van der Waals surface area contributed by atoms with E-state index in [1.54, 1.807) is 13.2 Å². The second kappa shape index (κ2) is 8.32. The summed E-state index contributed by atoms with van der Waals surface area (Å²) < 4.78 is 44.0. The van der Waals surface area contributed by atoms with E-state index in [9.17, 15) is 22.8 Å². The number of hydrogen-bond acceptors (Lipinski definition) is 7. The summed E-state index contributed by atoms with van der Waals surface area (Å²) in [6.45, 7) is -0.727. The van der Waals surface area contributed by atoms with Crippen molar-refractivity contribution in [2.24, 2.45) is 7.05 Å². The van der Waals surface area contributed by atoms with Gasteiger partial charge in [0.05, 0.1) is 6.20 Å². The Morgan fingerprint density at radius 2 is 2.16 bits per heavy atom. The minimum atomic E-state index is -4.39. The summed E-state index contributed by atoms with van der Waals surface area (Å²) in [7, 11) is 1.67. The molecule has 0 aliphatic carbocycles. The van der Waals surface area contributed by atoms with E-state index in [0.717, 1.165) is 6.26 Å². The number of nitrogens with zero attached hydrogens (tertiary/aromatic N) is 5. The number of oxazole rings is 1. The molecule has 3 aromatic heterocycles. The van der Waals surface area contributed by atoms with Gasteiger partial charge in [0.2, 0.25) is 11.8 Å². The van der Waals surface area contributed by atoms with E-state index in [0.29, 0.717) is 36.5 Å². The van der Waals surface area contributed by atoms with Crippen LogP contribution in [-0.4, -0.2) is 50.8 Å². The zero-order valence-electron chi connectivity index (χ0n) is 16.8. The second-order valence-electron chi connectivity index (χ2n) is 7.08. The van der Waals surface area contributed by atoms with Crippen LogP contribution in [0.4, 0.5) is 30.5 Å². The molecule has 3 aromatic rings. The molecular formula is C19H18F3N7O3. The quantitative estimate of drug-likeness (QED) is 0.594. The lowest BCUT2D eigenvalue weighted by molar-refractivity contribution is -0.117. The molecule has 1 aliphatic rings. The molecule has 4 heterocycles. The number of hydrogen-bond donors (Lipinski definition) is 2. The van der Waals surface area contributed by atoms with Crippen LogP contribution in [0.15, 0.2) is 35.2 Å². The molecule has 0 saturated carbocycles. The standard InChI is InChI=1S/C19H18F3N7O3/c1-28-8-12(16(27-28)29-6-2-3-15(29)30)25-17(31)13-9-32-18(26-13)11-4-5-23-14(7-11)24-10-19(20,21)22/h4-5,7-9H,2-3,6,10H2,1H3,(H,23,24)(H,25,31). The van der Waals surface area contributed by atoms with Crippen molar-refractivity contribution in [3.05, 3.63) is 36.5 Å². The summed E-state index contributed by atoms with van der Waals surface area (Å²) in [4.78, 5) is 34.2. The average molecular weight is 449 g/mol. The summed E-state index contributed by atoms with van der Waals surface area (Å²) in [5.41, 5.74) is 0.637. The second-order valence-corrected chi connectivity index (χ2v) is 7.08. The molecule has 13 heteroatoms. The molecular weight excluding hydrogens is 431 g/mol. The highest BCUT2D eigenvalue weighted by atomic mass is 19.4. The van der Waals surface area contributed by atoms with Gasteiger partial charge in [-0.1, -0.05) is 0 Å². The third-order valence-corrected chi connectivity index (χ3v) is 4.60. The first-order chi connectivity index (χ1) is 15.2. The van der Waals surface area contributed by atoms with Crippen molar-refractivity contribution in [2.45, 2.75) is 19.0 Å². The molecule has 2 amide bonds. The Balaban J connectivity index is 1.49. The van der Waals surface area contributed by atoms with Gasteiger partial charge in [0, 0.05) is 31.8 Å². The first-order valence-corrected chi connectivity index (χ1v) is 9.57. The van der Waals surface area contributed by atoms with Gasteiger partial charge in [-0.2, -0.15) is 18.3 Å². The smallest absolute Gasteiger partial charge is 0.405 e. The lowest BCUT2D eigenvalue weighted by Crippen LogP contribution is -2.26. The first-order valence-electron chi connectivity index (χ1n) is 9.57. The number of carbonyl (C=O) groups is 2. The maximum Gasteiger partial charge on any atom is 0.405 e. The van der Waals surface area contributed by atoms with Gasteiger partial charge in [-0.3, -0.25) is 19.2 Å². The normalized spacial score (nSPS) is 14.1. The Kier molecular flexibility index (Phi) is 5.55. The highest BCUT2D eigenvalue weighted by Crippen LogP contribution is 2.28. The zero-order chi connectivity index (χ0) is 22.9. The van der Waals surface area contributed by atoms with Crippen LogP contribution in [0.1, 0.15) is 23.3 Å². The number of aryl methyl sites for hydroxylation is 1. The molecule has 2 N–H and O–H groups in total. The maximum absolute atomic E-state index is 12.7. The van der Waals surface area contributed by atoms with E-state index in [1.165, 1.54) is 27.9 Å². The third-order valence-electron chi connectivity index (χ3n) is 4.60.